The first-order valence-corrected chi connectivity index (χ1v) is 9.94. The summed E-state index contributed by atoms with van der Waals surface area (Å²) in [6, 6.07) is 9.17. The normalized spacial score (nSPS) is 19.8. The van der Waals surface area contributed by atoms with E-state index in [1.165, 1.54) is 12.3 Å². The molecule has 0 aliphatic heterocycles. The molecule has 2 atom stereocenters. The smallest absolute Gasteiger partial charge is 0.268 e. The van der Waals surface area contributed by atoms with E-state index >= 15 is 0 Å². The summed E-state index contributed by atoms with van der Waals surface area (Å²) in [5, 5.41) is 6.58. The van der Waals surface area contributed by atoms with Crippen molar-refractivity contribution in [3.63, 3.8) is 0 Å². The van der Waals surface area contributed by atoms with E-state index in [-0.39, 0.29) is 30.8 Å². The van der Waals surface area contributed by atoms with E-state index < -0.39 is 23.8 Å². The first kappa shape index (κ1) is 20.8. The third kappa shape index (κ3) is 4.50. The monoisotopic (exact) mass is 427 g/mol. The largest absolute Gasteiger partial charge is 0.493 e. The van der Waals surface area contributed by atoms with Gasteiger partial charge in [-0.1, -0.05) is 18.2 Å². The molecular formula is C22H23F2N5O2. The van der Waals surface area contributed by atoms with Crippen molar-refractivity contribution in [1.29, 1.82) is 0 Å². The number of rotatable bonds is 6. The minimum atomic E-state index is -3.04. The second-order valence-electron chi connectivity index (χ2n) is 7.69. The van der Waals surface area contributed by atoms with Crippen LogP contribution in [0.1, 0.15) is 23.2 Å². The highest BCUT2D eigenvalue weighted by atomic mass is 19.3. The van der Waals surface area contributed by atoms with Crippen molar-refractivity contribution in [3.05, 3.63) is 60.6 Å². The number of carbonyl (C=O) groups is 1. The zero-order valence-corrected chi connectivity index (χ0v) is 17.0. The lowest BCUT2D eigenvalue weighted by Crippen LogP contribution is -2.48. The van der Waals surface area contributed by atoms with Crippen molar-refractivity contribution < 1.29 is 18.3 Å². The van der Waals surface area contributed by atoms with Gasteiger partial charge in [-0.05, 0) is 24.6 Å². The number of amides is 1. The van der Waals surface area contributed by atoms with E-state index in [2.05, 4.69) is 15.4 Å². The number of hydrogen-bond acceptors (Lipinski definition) is 5. The number of halogens is 2. The number of aryl methyl sites for hydroxylation is 1. The Balaban J connectivity index is 1.51. The van der Waals surface area contributed by atoms with Crippen LogP contribution < -0.4 is 15.8 Å². The number of carbonyl (C=O) groups excluding carboxylic acids is 1. The highest BCUT2D eigenvalue weighted by molar-refractivity contribution is 5.99. The van der Waals surface area contributed by atoms with E-state index in [0.717, 1.165) is 5.56 Å². The maximum atomic E-state index is 14.6. The summed E-state index contributed by atoms with van der Waals surface area (Å²) in [7, 11) is 1.77. The summed E-state index contributed by atoms with van der Waals surface area (Å²) in [5.74, 6) is -3.69. The fraction of sp³-hybridized carbons (Fsp3) is 0.318. The van der Waals surface area contributed by atoms with Crippen LogP contribution in [0.15, 0.2) is 55.0 Å². The summed E-state index contributed by atoms with van der Waals surface area (Å²) in [6.45, 7) is 0.0774. The summed E-state index contributed by atoms with van der Waals surface area (Å²) in [6.07, 6.45) is 4.83. The third-order valence-corrected chi connectivity index (χ3v) is 5.47. The van der Waals surface area contributed by atoms with Gasteiger partial charge in [0.25, 0.3) is 11.8 Å². The van der Waals surface area contributed by atoms with Gasteiger partial charge in [-0.15, -0.1) is 0 Å². The van der Waals surface area contributed by atoms with Crippen LogP contribution in [0.25, 0.3) is 11.1 Å². The van der Waals surface area contributed by atoms with Crippen molar-refractivity contribution in [2.75, 3.05) is 12.3 Å². The Bertz CT molecular complexity index is 1070. The number of para-hydroxylation sites is 1. The Labute approximate surface area is 178 Å². The highest BCUT2D eigenvalue weighted by Gasteiger charge is 2.51. The highest BCUT2D eigenvalue weighted by Crippen LogP contribution is 2.40. The van der Waals surface area contributed by atoms with Crippen molar-refractivity contribution >= 4 is 11.7 Å². The quantitative estimate of drug-likeness (QED) is 0.630. The lowest BCUT2D eigenvalue weighted by atomic mass is 10.0. The summed E-state index contributed by atoms with van der Waals surface area (Å²) in [4.78, 5) is 17.0. The number of nitrogen functional groups attached to an aromatic ring is 1. The fourth-order valence-corrected chi connectivity index (χ4v) is 3.77. The Morgan fingerprint density at radius 3 is 2.77 bits per heavy atom. The zero-order chi connectivity index (χ0) is 22.0. The van der Waals surface area contributed by atoms with Gasteiger partial charge in [0, 0.05) is 42.9 Å². The molecule has 0 radical (unpaired) electrons. The second kappa shape index (κ2) is 8.33. The molecule has 1 amide bonds. The lowest BCUT2D eigenvalue weighted by Gasteiger charge is -2.26. The fourth-order valence-electron chi connectivity index (χ4n) is 3.77. The van der Waals surface area contributed by atoms with Crippen LogP contribution in [-0.2, 0) is 7.05 Å². The number of alkyl halides is 2. The average Bonchev–Trinajstić information content (AvgIpc) is 3.31. The number of aromatic nitrogens is 3. The Kier molecular flexibility index (Phi) is 5.58. The SMILES string of the molecule is Cn1cc(-c2cnc(N)c(C(=O)N[C@@H]3C(COc4ccccc4)CCC3(F)F)c2)cn1. The molecule has 2 aromatic heterocycles. The minimum Gasteiger partial charge on any atom is -0.493 e. The van der Waals surface area contributed by atoms with E-state index in [4.69, 9.17) is 10.5 Å². The van der Waals surface area contributed by atoms with E-state index in [9.17, 15) is 13.6 Å². The van der Waals surface area contributed by atoms with Crippen molar-refractivity contribution in [1.82, 2.24) is 20.1 Å². The summed E-state index contributed by atoms with van der Waals surface area (Å²) in [5.41, 5.74) is 7.29. The molecular weight excluding hydrogens is 404 g/mol. The molecule has 1 aliphatic rings. The second-order valence-corrected chi connectivity index (χ2v) is 7.69. The van der Waals surface area contributed by atoms with Crippen LogP contribution in [0.3, 0.4) is 0 Å². The average molecular weight is 427 g/mol. The topological polar surface area (TPSA) is 95.1 Å². The van der Waals surface area contributed by atoms with Crippen LogP contribution in [-0.4, -0.2) is 39.2 Å². The number of anilines is 1. The van der Waals surface area contributed by atoms with Crippen LogP contribution in [0.2, 0.25) is 0 Å². The van der Waals surface area contributed by atoms with Gasteiger partial charge < -0.3 is 15.8 Å². The molecule has 3 N–H and O–H groups in total. The maximum absolute atomic E-state index is 14.6. The molecule has 0 bridgehead atoms. The van der Waals surface area contributed by atoms with Gasteiger partial charge in [-0.3, -0.25) is 9.48 Å². The first-order chi connectivity index (χ1) is 14.8. The van der Waals surface area contributed by atoms with Crippen LogP contribution >= 0.6 is 0 Å². The van der Waals surface area contributed by atoms with Crippen LogP contribution in [0, 0.1) is 5.92 Å². The van der Waals surface area contributed by atoms with Crippen LogP contribution in [0.4, 0.5) is 14.6 Å². The van der Waals surface area contributed by atoms with Gasteiger partial charge in [-0.2, -0.15) is 5.10 Å². The number of nitrogens with zero attached hydrogens (tertiary/aromatic N) is 3. The zero-order valence-electron chi connectivity index (χ0n) is 17.0. The van der Waals surface area contributed by atoms with Gasteiger partial charge in [0.1, 0.15) is 11.6 Å². The van der Waals surface area contributed by atoms with Crippen LogP contribution in [0.5, 0.6) is 5.75 Å². The van der Waals surface area contributed by atoms with Crippen molar-refractivity contribution in [2.24, 2.45) is 13.0 Å². The maximum Gasteiger partial charge on any atom is 0.268 e. The Morgan fingerprint density at radius 2 is 2.06 bits per heavy atom. The number of pyridine rings is 1. The number of hydrogen-bond donors (Lipinski definition) is 2. The minimum absolute atomic E-state index is 0.0245. The number of ether oxygens (including phenoxy) is 1. The lowest BCUT2D eigenvalue weighted by molar-refractivity contribution is -0.0258. The number of nitrogens with one attached hydrogen (secondary N) is 1. The van der Waals surface area contributed by atoms with Gasteiger partial charge in [-0.25, -0.2) is 13.8 Å². The molecule has 7 nitrogen and oxygen atoms in total. The standard InChI is InChI=1S/C22H23F2N5O2/c1-29-12-16(11-27-29)15-9-18(20(25)26-10-15)21(30)28-19-14(7-8-22(19,23)24)13-31-17-5-3-2-4-6-17/h2-6,9-12,14,19H,7-8,13H2,1H3,(H2,25,26)(H,28,30)/t14?,19-/m1/s1. The first-order valence-electron chi connectivity index (χ1n) is 9.94. The van der Waals surface area contributed by atoms with E-state index in [1.54, 1.807) is 36.3 Å². The van der Waals surface area contributed by atoms with Crippen molar-refractivity contribution in [3.8, 4) is 16.9 Å². The molecule has 1 unspecified atom stereocenters. The Hall–Kier alpha value is -3.49. The van der Waals surface area contributed by atoms with Gasteiger partial charge in [0.15, 0.2) is 0 Å². The molecule has 3 aromatic rings. The van der Waals surface area contributed by atoms with E-state index in [0.29, 0.717) is 11.3 Å². The number of nitrogens with two attached hydrogens (primary N) is 1. The van der Waals surface area contributed by atoms with Crippen molar-refractivity contribution in [2.45, 2.75) is 24.8 Å². The summed E-state index contributed by atoms with van der Waals surface area (Å²) >= 11 is 0. The molecule has 2 heterocycles. The molecule has 4 rings (SSSR count). The molecule has 1 aromatic carbocycles. The van der Waals surface area contributed by atoms with Gasteiger partial charge in [0.05, 0.1) is 24.4 Å². The molecule has 1 aliphatic carbocycles. The molecule has 0 spiro atoms. The van der Waals surface area contributed by atoms with E-state index in [1.807, 2.05) is 18.2 Å². The molecule has 1 saturated carbocycles. The molecule has 162 valence electrons. The predicted octanol–water partition coefficient (Wildman–Crippen LogP) is 3.29. The van der Waals surface area contributed by atoms with Gasteiger partial charge >= 0.3 is 0 Å². The molecule has 31 heavy (non-hydrogen) atoms. The van der Waals surface area contributed by atoms with Gasteiger partial charge in [0.2, 0.25) is 0 Å². The molecule has 1 fully saturated rings. The molecule has 9 heteroatoms. The predicted molar refractivity (Wildman–Crippen MR) is 112 cm³/mol. The summed E-state index contributed by atoms with van der Waals surface area (Å²) < 4.78 is 36.4. The number of benzene rings is 1. The molecule has 0 saturated heterocycles. The Morgan fingerprint density at radius 1 is 1.29 bits per heavy atom. The third-order valence-electron chi connectivity index (χ3n) is 5.47.